The molecule has 0 spiro atoms. The summed E-state index contributed by atoms with van der Waals surface area (Å²) in [5, 5.41) is 7.43. The van der Waals surface area contributed by atoms with Crippen LogP contribution in [0.2, 0.25) is 0 Å². The molecular formula is C7H15N3. The molecule has 10 heavy (non-hydrogen) atoms. The molecule has 0 radical (unpaired) electrons. The lowest BCUT2D eigenvalue weighted by Crippen LogP contribution is -1.96. The molecule has 0 aromatic carbocycles. The largest absolute Gasteiger partial charge is 0.253 e. The summed E-state index contributed by atoms with van der Waals surface area (Å²) in [7, 11) is 0. The van der Waals surface area contributed by atoms with Gasteiger partial charge in [0.1, 0.15) is 0 Å². The van der Waals surface area contributed by atoms with E-state index >= 15 is 0 Å². The SMILES string of the molecule is CC.CCCn1ccnn1. The molecule has 58 valence electrons. The minimum Gasteiger partial charge on any atom is -0.253 e. The van der Waals surface area contributed by atoms with Crippen molar-refractivity contribution in [3.63, 3.8) is 0 Å². The molecular weight excluding hydrogens is 126 g/mol. The molecule has 1 rings (SSSR count). The van der Waals surface area contributed by atoms with Crippen LogP contribution in [-0.2, 0) is 6.54 Å². The fourth-order valence-corrected chi connectivity index (χ4v) is 0.581. The number of hydrogen-bond acceptors (Lipinski definition) is 2. The highest BCUT2D eigenvalue weighted by Gasteiger charge is 1.83. The van der Waals surface area contributed by atoms with Gasteiger partial charge in [0.2, 0.25) is 0 Å². The molecule has 3 nitrogen and oxygen atoms in total. The highest BCUT2D eigenvalue weighted by atomic mass is 15.4. The van der Waals surface area contributed by atoms with E-state index in [1.807, 2.05) is 24.7 Å². The van der Waals surface area contributed by atoms with Crippen LogP contribution >= 0.6 is 0 Å². The first-order valence-corrected chi connectivity index (χ1v) is 3.77. The van der Waals surface area contributed by atoms with E-state index in [1.165, 1.54) is 0 Å². The standard InChI is InChI=1S/C5H9N3.C2H6/c1-2-4-8-5-3-6-7-8;1-2/h3,5H,2,4H2,1H3;1-2H3. The van der Waals surface area contributed by atoms with Gasteiger partial charge in [-0.25, -0.2) is 0 Å². The van der Waals surface area contributed by atoms with E-state index in [-0.39, 0.29) is 0 Å². The third-order valence-electron chi connectivity index (χ3n) is 0.925. The first-order valence-electron chi connectivity index (χ1n) is 3.77. The molecule has 0 fully saturated rings. The summed E-state index contributed by atoms with van der Waals surface area (Å²) < 4.78 is 1.82. The lowest BCUT2D eigenvalue weighted by atomic mass is 10.5. The molecule has 1 heterocycles. The van der Waals surface area contributed by atoms with Crippen LogP contribution in [0.25, 0.3) is 0 Å². The van der Waals surface area contributed by atoms with Crippen molar-refractivity contribution in [1.82, 2.24) is 15.0 Å². The van der Waals surface area contributed by atoms with Gasteiger partial charge in [-0.15, -0.1) is 5.10 Å². The Morgan fingerprint density at radius 1 is 1.40 bits per heavy atom. The van der Waals surface area contributed by atoms with Gasteiger partial charge in [-0.3, -0.25) is 4.68 Å². The van der Waals surface area contributed by atoms with Crippen LogP contribution in [0.4, 0.5) is 0 Å². The third kappa shape index (κ3) is 3.22. The second-order valence-corrected chi connectivity index (χ2v) is 1.67. The van der Waals surface area contributed by atoms with Gasteiger partial charge in [0.05, 0.1) is 6.20 Å². The molecule has 0 atom stereocenters. The average Bonchev–Trinajstić information content (AvgIpc) is 2.46. The molecule has 0 aliphatic carbocycles. The average molecular weight is 141 g/mol. The monoisotopic (exact) mass is 141 g/mol. The van der Waals surface area contributed by atoms with Crippen LogP contribution < -0.4 is 0 Å². The van der Waals surface area contributed by atoms with Crippen LogP contribution in [0.1, 0.15) is 27.2 Å². The van der Waals surface area contributed by atoms with E-state index in [4.69, 9.17) is 0 Å². The van der Waals surface area contributed by atoms with Gasteiger partial charge in [0.25, 0.3) is 0 Å². The first-order chi connectivity index (χ1) is 4.93. The fraction of sp³-hybridized carbons (Fsp3) is 0.714. The molecule has 0 aliphatic rings. The second-order valence-electron chi connectivity index (χ2n) is 1.67. The maximum atomic E-state index is 3.77. The van der Waals surface area contributed by atoms with E-state index in [2.05, 4.69) is 17.2 Å². The predicted octanol–water partition coefficient (Wildman–Crippen LogP) is 1.71. The number of hydrogen-bond donors (Lipinski definition) is 0. The number of rotatable bonds is 2. The van der Waals surface area contributed by atoms with Crippen molar-refractivity contribution in [2.75, 3.05) is 0 Å². The van der Waals surface area contributed by atoms with E-state index in [0.717, 1.165) is 13.0 Å². The highest BCUT2D eigenvalue weighted by Crippen LogP contribution is 1.83. The molecule has 0 saturated carbocycles. The van der Waals surface area contributed by atoms with Crippen molar-refractivity contribution >= 4 is 0 Å². The van der Waals surface area contributed by atoms with Crippen molar-refractivity contribution in [2.24, 2.45) is 0 Å². The third-order valence-corrected chi connectivity index (χ3v) is 0.925. The Morgan fingerprint density at radius 2 is 2.10 bits per heavy atom. The van der Waals surface area contributed by atoms with Crippen LogP contribution in [0, 0.1) is 0 Å². The van der Waals surface area contributed by atoms with E-state index in [0.29, 0.717) is 0 Å². The van der Waals surface area contributed by atoms with Crippen molar-refractivity contribution in [2.45, 2.75) is 33.7 Å². The van der Waals surface area contributed by atoms with Crippen molar-refractivity contribution in [3.8, 4) is 0 Å². The van der Waals surface area contributed by atoms with E-state index in [1.54, 1.807) is 6.20 Å². The van der Waals surface area contributed by atoms with Crippen molar-refractivity contribution in [1.29, 1.82) is 0 Å². The number of nitrogens with zero attached hydrogens (tertiary/aromatic N) is 3. The Kier molecular flexibility index (Phi) is 5.72. The zero-order chi connectivity index (χ0) is 7.82. The normalized spacial score (nSPS) is 8.30. The lowest BCUT2D eigenvalue weighted by molar-refractivity contribution is 0.579. The van der Waals surface area contributed by atoms with Gasteiger partial charge >= 0.3 is 0 Å². The topological polar surface area (TPSA) is 30.7 Å². The summed E-state index contributed by atoms with van der Waals surface area (Å²) in [6.07, 6.45) is 4.67. The molecule has 0 unspecified atom stereocenters. The molecule has 1 aromatic heterocycles. The lowest BCUT2D eigenvalue weighted by Gasteiger charge is -1.90. The Bertz CT molecular complexity index is 135. The maximum absolute atomic E-state index is 3.77. The zero-order valence-corrected chi connectivity index (χ0v) is 6.91. The van der Waals surface area contributed by atoms with Gasteiger partial charge in [-0.05, 0) is 6.42 Å². The van der Waals surface area contributed by atoms with Gasteiger partial charge in [0.15, 0.2) is 0 Å². The van der Waals surface area contributed by atoms with Crippen LogP contribution in [-0.4, -0.2) is 15.0 Å². The molecule has 3 heteroatoms. The summed E-state index contributed by atoms with van der Waals surface area (Å²) in [5.41, 5.74) is 0. The fourth-order valence-electron chi connectivity index (χ4n) is 0.581. The van der Waals surface area contributed by atoms with Gasteiger partial charge < -0.3 is 0 Å². The Hall–Kier alpha value is -0.860. The zero-order valence-electron chi connectivity index (χ0n) is 6.91. The smallest absolute Gasteiger partial charge is 0.0692 e. The minimum absolute atomic E-state index is 0.972. The summed E-state index contributed by atoms with van der Waals surface area (Å²) in [6, 6.07) is 0. The second kappa shape index (κ2) is 6.26. The first kappa shape index (κ1) is 9.14. The van der Waals surface area contributed by atoms with Gasteiger partial charge in [-0.1, -0.05) is 26.0 Å². The summed E-state index contributed by atoms with van der Waals surface area (Å²) >= 11 is 0. The Labute approximate surface area is 62.1 Å². The number of aryl methyl sites for hydroxylation is 1. The quantitative estimate of drug-likeness (QED) is 0.627. The van der Waals surface area contributed by atoms with Crippen LogP contribution in [0.5, 0.6) is 0 Å². The highest BCUT2D eigenvalue weighted by molar-refractivity contribution is 4.62. The summed E-state index contributed by atoms with van der Waals surface area (Å²) in [5.74, 6) is 0. The van der Waals surface area contributed by atoms with Crippen molar-refractivity contribution in [3.05, 3.63) is 12.4 Å². The molecule has 0 aliphatic heterocycles. The predicted molar refractivity (Wildman–Crippen MR) is 41.7 cm³/mol. The van der Waals surface area contributed by atoms with E-state index < -0.39 is 0 Å². The van der Waals surface area contributed by atoms with E-state index in [9.17, 15) is 0 Å². The Balaban J connectivity index is 0.000000371. The van der Waals surface area contributed by atoms with Gasteiger partial charge in [0, 0.05) is 12.7 Å². The molecule has 1 aromatic rings. The summed E-state index contributed by atoms with van der Waals surface area (Å²) in [6.45, 7) is 7.08. The maximum Gasteiger partial charge on any atom is 0.0692 e. The minimum atomic E-state index is 0.972. The Morgan fingerprint density at radius 3 is 2.50 bits per heavy atom. The number of aromatic nitrogens is 3. The molecule has 0 N–H and O–H groups in total. The molecule has 0 saturated heterocycles. The molecule has 0 amide bonds. The van der Waals surface area contributed by atoms with Crippen LogP contribution in [0.15, 0.2) is 12.4 Å². The summed E-state index contributed by atoms with van der Waals surface area (Å²) in [4.78, 5) is 0. The van der Waals surface area contributed by atoms with Crippen molar-refractivity contribution < 1.29 is 0 Å². The molecule has 0 bridgehead atoms. The van der Waals surface area contributed by atoms with Gasteiger partial charge in [-0.2, -0.15) is 0 Å². The van der Waals surface area contributed by atoms with Crippen LogP contribution in [0.3, 0.4) is 0 Å².